The number of anilines is 1. The van der Waals surface area contributed by atoms with E-state index in [4.69, 9.17) is 0 Å². The van der Waals surface area contributed by atoms with Crippen LogP contribution in [0.3, 0.4) is 0 Å². The van der Waals surface area contributed by atoms with Crippen molar-refractivity contribution in [2.24, 2.45) is 0 Å². The van der Waals surface area contributed by atoms with E-state index in [9.17, 15) is 4.79 Å². The van der Waals surface area contributed by atoms with Gasteiger partial charge >= 0.3 is 6.03 Å². The predicted molar refractivity (Wildman–Crippen MR) is 101 cm³/mol. The zero-order valence-corrected chi connectivity index (χ0v) is 15.5. The van der Waals surface area contributed by atoms with Crippen LogP contribution in [0.5, 0.6) is 0 Å². The third-order valence-corrected chi connectivity index (χ3v) is 5.52. The highest BCUT2D eigenvalue weighted by Crippen LogP contribution is 2.27. The number of hydrogen-bond donors (Lipinski definition) is 2. The molecule has 2 amide bonds. The molecule has 25 heavy (non-hydrogen) atoms. The van der Waals surface area contributed by atoms with E-state index >= 15 is 0 Å². The van der Waals surface area contributed by atoms with Crippen LogP contribution in [0.25, 0.3) is 0 Å². The number of carbonyl (C=O) groups is 1. The first-order valence-electron chi connectivity index (χ1n) is 9.69. The van der Waals surface area contributed by atoms with Crippen molar-refractivity contribution in [1.29, 1.82) is 0 Å². The van der Waals surface area contributed by atoms with Crippen LogP contribution < -0.4 is 15.5 Å². The van der Waals surface area contributed by atoms with Crippen molar-refractivity contribution in [3.05, 3.63) is 23.9 Å². The Bertz CT molecular complexity index is 557. The number of carbonyl (C=O) groups excluding carboxylic acids is 1. The zero-order valence-electron chi connectivity index (χ0n) is 15.5. The van der Waals surface area contributed by atoms with Gasteiger partial charge in [-0.1, -0.05) is 12.5 Å². The van der Waals surface area contributed by atoms with Gasteiger partial charge in [0.05, 0.1) is 0 Å². The minimum Gasteiger partial charge on any atom is -0.357 e. The SMILES string of the molecule is CCN(CC)c1ccc(CNC(=O)N[C@@H]2CCN3CCCC[C@@H]23)cn1. The Morgan fingerprint density at radius 1 is 1.24 bits per heavy atom. The van der Waals surface area contributed by atoms with Crippen molar-refractivity contribution in [2.45, 2.75) is 58.2 Å². The molecule has 2 aliphatic rings. The van der Waals surface area contributed by atoms with Gasteiger partial charge < -0.3 is 15.5 Å². The van der Waals surface area contributed by atoms with Crippen LogP contribution in [0.1, 0.15) is 45.1 Å². The monoisotopic (exact) mass is 345 g/mol. The number of pyridine rings is 1. The fraction of sp³-hybridized carbons (Fsp3) is 0.684. The van der Waals surface area contributed by atoms with Crippen LogP contribution in [0.15, 0.2) is 18.3 Å². The van der Waals surface area contributed by atoms with Gasteiger partial charge in [-0.3, -0.25) is 4.90 Å². The van der Waals surface area contributed by atoms with Crippen LogP contribution in [0.4, 0.5) is 10.6 Å². The molecule has 0 aromatic carbocycles. The van der Waals surface area contributed by atoms with Crippen LogP contribution in [0, 0.1) is 0 Å². The summed E-state index contributed by atoms with van der Waals surface area (Å²) in [7, 11) is 0. The molecule has 6 heteroatoms. The lowest BCUT2D eigenvalue weighted by Gasteiger charge is -2.32. The number of nitrogens with one attached hydrogen (secondary N) is 2. The molecule has 2 saturated heterocycles. The van der Waals surface area contributed by atoms with Gasteiger partial charge in [0.15, 0.2) is 0 Å². The summed E-state index contributed by atoms with van der Waals surface area (Å²) < 4.78 is 0. The van der Waals surface area contributed by atoms with Crippen molar-refractivity contribution < 1.29 is 4.79 Å². The molecule has 1 aromatic rings. The molecule has 2 aliphatic heterocycles. The summed E-state index contributed by atoms with van der Waals surface area (Å²) >= 11 is 0. The molecule has 3 heterocycles. The molecule has 3 rings (SSSR count). The minimum atomic E-state index is -0.0646. The van der Waals surface area contributed by atoms with Crippen molar-refractivity contribution in [2.75, 3.05) is 31.1 Å². The van der Waals surface area contributed by atoms with Gasteiger partial charge in [-0.2, -0.15) is 0 Å². The molecule has 6 nitrogen and oxygen atoms in total. The number of piperidine rings is 1. The first kappa shape index (κ1) is 18.0. The van der Waals surface area contributed by atoms with Crippen molar-refractivity contribution in [3.63, 3.8) is 0 Å². The Labute approximate surface area is 151 Å². The lowest BCUT2D eigenvalue weighted by molar-refractivity contribution is 0.179. The molecular weight excluding hydrogens is 314 g/mol. The fourth-order valence-corrected chi connectivity index (χ4v) is 4.07. The average molecular weight is 345 g/mol. The van der Waals surface area contributed by atoms with E-state index in [1.54, 1.807) is 0 Å². The molecule has 138 valence electrons. The quantitative estimate of drug-likeness (QED) is 0.831. The van der Waals surface area contributed by atoms with E-state index in [-0.39, 0.29) is 6.03 Å². The maximum atomic E-state index is 12.2. The normalized spacial score (nSPS) is 23.1. The summed E-state index contributed by atoms with van der Waals surface area (Å²) in [6.07, 6.45) is 6.71. The molecule has 2 fully saturated rings. The van der Waals surface area contributed by atoms with Crippen LogP contribution in [0.2, 0.25) is 0 Å². The highest BCUT2D eigenvalue weighted by atomic mass is 16.2. The van der Waals surface area contributed by atoms with Gasteiger partial charge in [0.25, 0.3) is 0 Å². The van der Waals surface area contributed by atoms with Gasteiger partial charge in [0, 0.05) is 44.5 Å². The number of aromatic nitrogens is 1. The molecule has 0 bridgehead atoms. The van der Waals surface area contributed by atoms with Gasteiger partial charge in [-0.25, -0.2) is 9.78 Å². The molecule has 2 atom stereocenters. The van der Waals surface area contributed by atoms with Gasteiger partial charge in [0.1, 0.15) is 5.82 Å². The molecule has 2 N–H and O–H groups in total. The largest absolute Gasteiger partial charge is 0.357 e. The second-order valence-electron chi connectivity index (χ2n) is 7.02. The Morgan fingerprint density at radius 3 is 2.80 bits per heavy atom. The number of rotatable bonds is 6. The topological polar surface area (TPSA) is 60.5 Å². The molecule has 0 unspecified atom stereocenters. The van der Waals surface area contributed by atoms with Crippen molar-refractivity contribution >= 4 is 11.8 Å². The summed E-state index contributed by atoms with van der Waals surface area (Å²) in [6, 6.07) is 4.83. The smallest absolute Gasteiger partial charge is 0.315 e. The van der Waals surface area contributed by atoms with E-state index in [0.717, 1.165) is 37.4 Å². The van der Waals surface area contributed by atoms with Gasteiger partial charge in [0.2, 0.25) is 0 Å². The summed E-state index contributed by atoms with van der Waals surface area (Å²) in [5.74, 6) is 0.988. The maximum Gasteiger partial charge on any atom is 0.315 e. The maximum absolute atomic E-state index is 12.2. The highest BCUT2D eigenvalue weighted by molar-refractivity contribution is 5.74. The van der Waals surface area contributed by atoms with E-state index in [0.29, 0.717) is 18.6 Å². The molecule has 0 spiro atoms. The van der Waals surface area contributed by atoms with E-state index < -0.39 is 0 Å². The van der Waals surface area contributed by atoms with Gasteiger partial charge in [-0.15, -0.1) is 0 Å². The molecule has 1 aromatic heterocycles. The third kappa shape index (κ3) is 4.42. The number of fused-ring (bicyclic) bond motifs is 1. The van der Waals surface area contributed by atoms with Crippen LogP contribution >= 0.6 is 0 Å². The summed E-state index contributed by atoms with van der Waals surface area (Å²) in [5.41, 5.74) is 1.02. The Balaban J connectivity index is 1.46. The second-order valence-corrected chi connectivity index (χ2v) is 7.02. The zero-order chi connectivity index (χ0) is 17.6. The number of hydrogen-bond acceptors (Lipinski definition) is 4. The standard InChI is InChI=1S/C19H31N5O/c1-3-23(4-2)18-9-8-15(13-20-18)14-21-19(25)22-16-10-12-24-11-6-5-7-17(16)24/h8-9,13,16-17H,3-7,10-12,14H2,1-2H3,(H2,21,22,25)/t16-,17+/m1/s1. The fourth-order valence-electron chi connectivity index (χ4n) is 4.07. The van der Waals surface area contributed by atoms with Gasteiger partial charge in [-0.05, 0) is 51.3 Å². The van der Waals surface area contributed by atoms with E-state index in [2.05, 4.69) is 39.3 Å². The minimum absolute atomic E-state index is 0.0646. The third-order valence-electron chi connectivity index (χ3n) is 5.52. The number of urea groups is 1. The average Bonchev–Trinajstić information content (AvgIpc) is 3.05. The summed E-state index contributed by atoms with van der Waals surface area (Å²) in [6.45, 7) is 8.97. The van der Waals surface area contributed by atoms with E-state index in [1.165, 1.54) is 25.8 Å². The van der Waals surface area contributed by atoms with E-state index in [1.807, 2.05) is 18.3 Å². The molecular formula is C19H31N5O. The van der Waals surface area contributed by atoms with Crippen LogP contribution in [-0.2, 0) is 6.54 Å². The predicted octanol–water partition coefficient (Wildman–Crippen LogP) is 2.35. The molecule has 0 saturated carbocycles. The van der Waals surface area contributed by atoms with Crippen molar-refractivity contribution in [3.8, 4) is 0 Å². The molecule has 0 aliphatic carbocycles. The number of amides is 2. The first-order chi connectivity index (χ1) is 12.2. The summed E-state index contributed by atoms with van der Waals surface area (Å²) in [4.78, 5) is 21.5. The second kappa shape index (κ2) is 8.52. The first-order valence-corrected chi connectivity index (χ1v) is 9.69. The Morgan fingerprint density at radius 2 is 2.08 bits per heavy atom. The number of nitrogens with zero attached hydrogens (tertiary/aromatic N) is 3. The molecule has 0 radical (unpaired) electrons. The van der Waals surface area contributed by atoms with Crippen LogP contribution in [-0.4, -0.2) is 54.2 Å². The lowest BCUT2D eigenvalue weighted by Crippen LogP contribution is -2.49. The lowest BCUT2D eigenvalue weighted by atomic mass is 9.99. The Kier molecular flexibility index (Phi) is 6.13. The summed E-state index contributed by atoms with van der Waals surface area (Å²) in [5, 5.41) is 6.15. The van der Waals surface area contributed by atoms with Crippen molar-refractivity contribution in [1.82, 2.24) is 20.5 Å². The highest BCUT2D eigenvalue weighted by Gasteiger charge is 2.36. The Hall–Kier alpha value is -1.82.